The summed E-state index contributed by atoms with van der Waals surface area (Å²) in [5, 5.41) is 11.0. The predicted octanol–water partition coefficient (Wildman–Crippen LogP) is 2.67. The summed E-state index contributed by atoms with van der Waals surface area (Å²) in [4.78, 5) is 22.1. The molecule has 0 spiro atoms. The first-order valence-corrected chi connectivity index (χ1v) is 6.45. The molecule has 0 aliphatic rings. The summed E-state index contributed by atoms with van der Waals surface area (Å²) in [5.74, 6) is -2.48. The molecule has 0 fully saturated rings. The van der Waals surface area contributed by atoms with Crippen molar-refractivity contribution in [2.45, 2.75) is 26.2 Å². The van der Waals surface area contributed by atoms with Crippen molar-refractivity contribution in [2.75, 3.05) is 18.5 Å². The molecule has 0 aliphatic heterocycles. The number of ether oxygens (including phenoxy) is 1. The number of halogens is 1. The molecule has 5 nitrogen and oxygen atoms in total. The number of carbonyl (C=O) groups is 2. The van der Waals surface area contributed by atoms with Crippen LogP contribution in [-0.4, -0.2) is 30.2 Å². The van der Waals surface area contributed by atoms with Crippen LogP contribution in [0.4, 0.5) is 10.1 Å². The van der Waals surface area contributed by atoms with E-state index in [1.165, 1.54) is 12.1 Å². The Morgan fingerprint density at radius 2 is 2.10 bits per heavy atom. The lowest BCUT2D eigenvalue weighted by atomic mass is 10.2. The zero-order valence-corrected chi connectivity index (χ0v) is 11.3. The lowest BCUT2D eigenvalue weighted by molar-refractivity contribution is -0.120. The second-order valence-corrected chi connectivity index (χ2v) is 4.31. The zero-order chi connectivity index (χ0) is 15.0. The third-order valence-corrected chi connectivity index (χ3v) is 2.62. The number of rotatable bonds is 8. The minimum absolute atomic E-state index is 0.0582. The third kappa shape index (κ3) is 5.36. The first-order valence-electron chi connectivity index (χ1n) is 6.45. The highest BCUT2D eigenvalue weighted by atomic mass is 19.1. The van der Waals surface area contributed by atoms with E-state index in [9.17, 15) is 14.0 Å². The maximum Gasteiger partial charge on any atom is 0.335 e. The minimum Gasteiger partial charge on any atom is -0.478 e. The molecular weight excluding hydrogens is 265 g/mol. The Bertz CT molecular complexity index is 476. The quantitative estimate of drug-likeness (QED) is 0.719. The molecule has 6 heteroatoms. The third-order valence-electron chi connectivity index (χ3n) is 2.62. The number of benzene rings is 1. The lowest BCUT2D eigenvalue weighted by Gasteiger charge is -2.07. The summed E-state index contributed by atoms with van der Waals surface area (Å²) in [5.41, 5.74) is -0.228. The van der Waals surface area contributed by atoms with E-state index in [-0.39, 0.29) is 17.9 Å². The van der Waals surface area contributed by atoms with Crippen molar-refractivity contribution in [1.82, 2.24) is 0 Å². The predicted molar refractivity (Wildman–Crippen MR) is 72.3 cm³/mol. The number of amides is 1. The molecule has 2 N–H and O–H groups in total. The summed E-state index contributed by atoms with van der Waals surface area (Å²) >= 11 is 0. The van der Waals surface area contributed by atoms with Crippen LogP contribution in [0.2, 0.25) is 0 Å². The van der Waals surface area contributed by atoms with Crippen LogP contribution in [0.5, 0.6) is 0 Å². The fourth-order valence-corrected chi connectivity index (χ4v) is 1.55. The van der Waals surface area contributed by atoms with Crippen molar-refractivity contribution < 1.29 is 23.8 Å². The van der Waals surface area contributed by atoms with Gasteiger partial charge in [-0.05, 0) is 24.6 Å². The molecule has 0 unspecified atom stereocenters. The molecule has 0 saturated carbocycles. The highest BCUT2D eigenvalue weighted by Crippen LogP contribution is 2.15. The van der Waals surface area contributed by atoms with E-state index < -0.39 is 17.7 Å². The van der Waals surface area contributed by atoms with Gasteiger partial charge in [0.1, 0.15) is 12.4 Å². The lowest BCUT2D eigenvalue weighted by Crippen LogP contribution is -2.19. The largest absolute Gasteiger partial charge is 0.478 e. The van der Waals surface area contributed by atoms with Crippen molar-refractivity contribution in [3.05, 3.63) is 29.6 Å². The molecule has 0 radical (unpaired) electrons. The molecule has 20 heavy (non-hydrogen) atoms. The Balaban J connectivity index is 2.44. The molecule has 1 amide bonds. The van der Waals surface area contributed by atoms with E-state index in [2.05, 4.69) is 12.2 Å². The topological polar surface area (TPSA) is 75.6 Å². The van der Waals surface area contributed by atoms with Crippen molar-refractivity contribution >= 4 is 17.6 Å². The molecule has 1 aromatic carbocycles. The monoisotopic (exact) mass is 283 g/mol. The Kier molecular flexibility index (Phi) is 6.66. The number of aromatic carboxylic acids is 1. The van der Waals surface area contributed by atoms with Gasteiger partial charge in [0.15, 0.2) is 0 Å². The van der Waals surface area contributed by atoms with Gasteiger partial charge in [0.2, 0.25) is 5.91 Å². The van der Waals surface area contributed by atoms with Gasteiger partial charge in [0.25, 0.3) is 0 Å². The van der Waals surface area contributed by atoms with Crippen molar-refractivity contribution in [3.8, 4) is 0 Å². The molecule has 1 rings (SSSR count). The molecule has 0 aliphatic carbocycles. The van der Waals surface area contributed by atoms with Crippen molar-refractivity contribution in [3.63, 3.8) is 0 Å². The van der Waals surface area contributed by atoms with Crippen LogP contribution in [0, 0.1) is 5.82 Å². The zero-order valence-electron chi connectivity index (χ0n) is 11.3. The van der Waals surface area contributed by atoms with Crippen LogP contribution < -0.4 is 5.32 Å². The Morgan fingerprint density at radius 3 is 2.70 bits per heavy atom. The second kappa shape index (κ2) is 8.27. The smallest absolute Gasteiger partial charge is 0.335 e. The number of hydrogen-bond donors (Lipinski definition) is 2. The molecule has 0 saturated heterocycles. The average molecular weight is 283 g/mol. The molecular formula is C14H18FNO4. The second-order valence-electron chi connectivity index (χ2n) is 4.31. The van der Waals surface area contributed by atoms with Gasteiger partial charge in [0, 0.05) is 6.61 Å². The fraction of sp³-hybridized carbons (Fsp3) is 0.429. The van der Waals surface area contributed by atoms with E-state index in [0.717, 1.165) is 25.3 Å². The summed E-state index contributed by atoms with van der Waals surface area (Å²) in [6, 6.07) is 3.30. The number of hydrogen-bond acceptors (Lipinski definition) is 3. The van der Waals surface area contributed by atoms with Crippen LogP contribution in [0.3, 0.4) is 0 Å². The van der Waals surface area contributed by atoms with Crippen LogP contribution in [0.25, 0.3) is 0 Å². The number of anilines is 1. The van der Waals surface area contributed by atoms with Crippen LogP contribution in [0.15, 0.2) is 18.2 Å². The van der Waals surface area contributed by atoms with Crippen LogP contribution in [0.1, 0.15) is 36.5 Å². The van der Waals surface area contributed by atoms with Gasteiger partial charge in [0.05, 0.1) is 11.3 Å². The Labute approximate surface area is 116 Å². The highest BCUT2D eigenvalue weighted by Gasteiger charge is 2.10. The van der Waals surface area contributed by atoms with Crippen LogP contribution >= 0.6 is 0 Å². The van der Waals surface area contributed by atoms with Gasteiger partial charge < -0.3 is 15.2 Å². The van der Waals surface area contributed by atoms with Crippen molar-refractivity contribution in [1.29, 1.82) is 0 Å². The molecule has 0 aromatic heterocycles. The number of carbonyl (C=O) groups excluding carboxylic acids is 1. The van der Waals surface area contributed by atoms with E-state index in [0.29, 0.717) is 6.61 Å². The van der Waals surface area contributed by atoms with Gasteiger partial charge in [-0.3, -0.25) is 4.79 Å². The van der Waals surface area contributed by atoms with Crippen molar-refractivity contribution in [2.24, 2.45) is 0 Å². The number of nitrogens with one attached hydrogen (secondary N) is 1. The molecule has 1 aromatic rings. The standard InChI is InChI=1S/C14H18FNO4/c1-2-3-4-7-20-9-13(17)16-12-6-5-10(14(18)19)8-11(12)15/h5-6,8H,2-4,7,9H2,1H3,(H,16,17)(H,18,19). The molecule has 0 heterocycles. The molecule has 0 atom stereocenters. The van der Waals surface area contributed by atoms with E-state index in [1.807, 2.05) is 0 Å². The summed E-state index contributed by atoms with van der Waals surface area (Å²) in [7, 11) is 0. The first kappa shape index (κ1) is 16.1. The van der Waals surface area contributed by atoms with Gasteiger partial charge >= 0.3 is 5.97 Å². The summed E-state index contributed by atoms with van der Waals surface area (Å²) < 4.78 is 18.7. The van der Waals surface area contributed by atoms with Gasteiger partial charge in [-0.1, -0.05) is 19.8 Å². The fourth-order valence-electron chi connectivity index (χ4n) is 1.55. The van der Waals surface area contributed by atoms with E-state index >= 15 is 0 Å². The Hall–Kier alpha value is -1.95. The van der Waals surface area contributed by atoms with Crippen LogP contribution in [-0.2, 0) is 9.53 Å². The number of unbranched alkanes of at least 4 members (excludes halogenated alkanes) is 2. The average Bonchev–Trinajstić information content (AvgIpc) is 2.40. The van der Waals surface area contributed by atoms with Gasteiger partial charge in [-0.2, -0.15) is 0 Å². The normalized spacial score (nSPS) is 10.3. The molecule has 0 bridgehead atoms. The number of carboxylic acid groups (broad SMARTS) is 1. The maximum atomic E-state index is 13.5. The summed E-state index contributed by atoms with van der Waals surface area (Å²) in [6.07, 6.45) is 2.98. The highest BCUT2D eigenvalue weighted by molar-refractivity contribution is 5.93. The first-order chi connectivity index (χ1) is 9.54. The SMILES string of the molecule is CCCCCOCC(=O)Nc1ccc(C(=O)O)cc1F. The van der Waals surface area contributed by atoms with E-state index in [4.69, 9.17) is 9.84 Å². The molecule has 110 valence electrons. The van der Waals surface area contributed by atoms with Gasteiger partial charge in [-0.25, -0.2) is 9.18 Å². The minimum atomic E-state index is -1.22. The Morgan fingerprint density at radius 1 is 1.35 bits per heavy atom. The number of carboxylic acids is 1. The maximum absolute atomic E-state index is 13.5. The summed E-state index contributed by atoms with van der Waals surface area (Å²) in [6.45, 7) is 2.40. The van der Waals surface area contributed by atoms with Gasteiger partial charge in [-0.15, -0.1) is 0 Å². The van der Waals surface area contributed by atoms with E-state index in [1.54, 1.807) is 0 Å².